The van der Waals surface area contributed by atoms with Gasteiger partial charge in [0.25, 0.3) is 0 Å². The second-order valence-corrected chi connectivity index (χ2v) is 9.33. The fourth-order valence-corrected chi connectivity index (χ4v) is 4.87. The van der Waals surface area contributed by atoms with Crippen LogP contribution in [0.2, 0.25) is 0 Å². The quantitative estimate of drug-likeness (QED) is 0.279. The van der Waals surface area contributed by atoms with E-state index < -0.39 is 0 Å². The van der Waals surface area contributed by atoms with Crippen LogP contribution in [0, 0.1) is 11.6 Å². The molecule has 204 valence electrons. The first kappa shape index (κ1) is 27.9. The Morgan fingerprint density at radius 3 is 1.72 bits per heavy atom. The van der Waals surface area contributed by atoms with Crippen LogP contribution in [0.1, 0.15) is 30.0 Å². The Labute approximate surface area is 229 Å². The van der Waals surface area contributed by atoms with Crippen LogP contribution in [-0.2, 0) is 0 Å². The van der Waals surface area contributed by atoms with Gasteiger partial charge >= 0.3 is 0 Å². The SMILES string of the molecule is C=CCNc1nc(NCC=C)nc(N2CCC(N(CC=C)C(c3ccc(F)cc3)c3ccc(F)cc3)CC2)n1. The summed E-state index contributed by atoms with van der Waals surface area (Å²) in [4.78, 5) is 18.2. The number of hydrogen-bond donors (Lipinski definition) is 2. The van der Waals surface area contributed by atoms with Crippen molar-refractivity contribution in [2.45, 2.75) is 24.9 Å². The average molecular weight is 532 g/mol. The Hall–Kier alpha value is -4.11. The zero-order valence-electron chi connectivity index (χ0n) is 22.1. The average Bonchev–Trinajstić information content (AvgIpc) is 2.96. The summed E-state index contributed by atoms with van der Waals surface area (Å²) in [5, 5.41) is 6.30. The predicted molar refractivity (Wildman–Crippen MR) is 154 cm³/mol. The van der Waals surface area contributed by atoms with Gasteiger partial charge in [-0.05, 0) is 48.2 Å². The van der Waals surface area contributed by atoms with Gasteiger partial charge in [0.2, 0.25) is 17.8 Å². The van der Waals surface area contributed by atoms with Gasteiger partial charge in [-0.15, -0.1) is 19.7 Å². The molecule has 7 nitrogen and oxygen atoms in total. The van der Waals surface area contributed by atoms with Gasteiger partial charge in [-0.3, -0.25) is 4.90 Å². The van der Waals surface area contributed by atoms with Crippen LogP contribution in [0.5, 0.6) is 0 Å². The summed E-state index contributed by atoms with van der Waals surface area (Å²) >= 11 is 0. The molecular weight excluding hydrogens is 496 g/mol. The maximum atomic E-state index is 13.8. The molecule has 1 aliphatic heterocycles. The van der Waals surface area contributed by atoms with E-state index in [1.165, 1.54) is 24.3 Å². The fourth-order valence-electron chi connectivity index (χ4n) is 4.87. The zero-order chi connectivity index (χ0) is 27.6. The molecule has 0 aliphatic carbocycles. The Morgan fingerprint density at radius 1 is 0.795 bits per heavy atom. The fraction of sp³-hybridized carbons (Fsp3) is 0.300. The molecule has 1 saturated heterocycles. The monoisotopic (exact) mass is 531 g/mol. The molecule has 0 unspecified atom stereocenters. The highest BCUT2D eigenvalue weighted by Crippen LogP contribution is 2.34. The minimum Gasteiger partial charge on any atom is -0.351 e. The summed E-state index contributed by atoms with van der Waals surface area (Å²) < 4.78 is 27.6. The van der Waals surface area contributed by atoms with E-state index in [1.807, 2.05) is 6.08 Å². The highest BCUT2D eigenvalue weighted by molar-refractivity contribution is 5.45. The van der Waals surface area contributed by atoms with E-state index in [9.17, 15) is 8.78 Å². The lowest BCUT2D eigenvalue weighted by Gasteiger charge is -2.42. The van der Waals surface area contributed by atoms with Crippen LogP contribution in [0.15, 0.2) is 86.5 Å². The van der Waals surface area contributed by atoms with Gasteiger partial charge in [-0.1, -0.05) is 42.5 Å². The number of benzene rings is 2. The van der Waals surface area contributed by atoms with E-state index in [-0.39, 0.29) is 23.7 Å². The lowest BCUT2D eigenvalue weighted by Crippen LogP contribution is -2.47. The van der Waals surface area contributed by atoms with E-state index >= 15 is 0 Å². The summed E-state index contributed by atoms with van der Waals surface area (Å²) in [6.07, 6.45) is 7.08. The van der Waals surface area contributed by atoms with E-state index in [2.05, 4.69) is 55.1 Å². The molecule has 9 heteroatoms. The minimum absolute atomic E-state index is 0.178. The van der Waals surface area contributed by atoms with Gasteiger partial charge in [0, 0.05) is 38.8 Å². The number of anilines is 3. The molecule has 0 atom stereocenters. The number of halogens is 2. The standard InChI is InChI=1S/C30H35F2N7/c1-4-17-33-28-35-29(34-18-5-2)37-30(36-28)38-20-15-26(16-21-38)39(19-6-3)27(22-7-11-24(31)12-8-22)23-9-13-25(32)14-10-23/h4-14,26-27H,1-3,15-21H2,(H2,33,34,35,36,37). The molecule has 39 heavy (non-hydrogen) atoms. The van der Waals surface area contributed by atoms with Crippen LogP contribution in [0.4, 0.5) is 26.6 Å². The maximum absolute atomic E-state index is 13.8. The van der Waals surface area contributed by atoms with Crippen molar-refractivity contribution in [2.24, 2.45) is 0 Å². The molecule has 1 aromatic heterocycles. The lowest BCUT2D eigenvalue weighted by molar-refractivity contribution is 0.149. The van der Waals surface area contributed by atoms with Crippen LogP contribution in [-0.4, -0.2) is 58.6 Å². The molecule has 3 aromatic rings. The second-order valence-electron chi connectivity index (χ2n) is 9.33. The third-order valence-corrected chi connectivity index (χ3v) is 6.69. The topological polar surface area (TPSA) is 69.2 Å². The normalized spacial score (nSPS) is 13.9. The van der Waals surface area contributed by atoms with Crippen molar-refractivity contribution in [1.82, 2.24) is 19.9 Å². The summed E-state index contributed by atoms with van der Waals surface area (Å²) in [6.45, 7) is 14.7. The number of piperidine rings is 1. The third kappa shape index (κ3) is 7.26. The Kier molecular flexibility index (Phi) is 9.74. The Bertz CT molecular complexity index is 1160. The minimum atomic E-state index is -0.290. The number of nitrogens with zero attached hydrogens (tertiary/aromatic N) is 5. The molecule has 0 bridgehead atoms. The summed E-state index contributed by atoms with van der Waals surface area (Å²) in [5.74, 6) is 0.984. The zero-order valence-corrected chi connectivity index (χ0v) is 22.1. The van der Waals surface area contributed by atoms with E-state index in [0.717, 1.165) is 37.1 Å². The molecule has 0 amide bonds. The van der Waals surface area contributed by atoms with Crippen molar-refractivity contribution < 1.29 is 8.78 Å². The van der Waals surface area contributed by atoms with Crippen molar-refractivity contribution in [2.75, 3.05) is 48.3 Å². The smallest absolute Gasteiger partial charge is 0.231 e. The van der Waals surface area contributed by atoms with E-state index in [4.69, 9.17) is 0 Å². The van der Waals surface area contributed by atoms with Gasteiger partial charge in [0.1, 0.15) is 11.6 Å². The second kappa shape index (κ2) is 13.6. The molecular formula is C30H35F2N7. The van der Waals surface area contributed by atoms with Crippen molar-refractivity contribution in [3.8, 4) is 0 Å². The number of nitrogens with one attached hydrogen (secondary N) is 2. The van der Waals surface area contributed by atoms with Crippen LogP contribution < -0.4 is 15.5 Å². The molecule has 0 spiro atoms. The number of hydrogen-bond acceptors (Lipinski definition) is 7. The van der Waals surface area contributed by atoms with Gasteiger partial charge in [0.15, 0.2) is 0 Å². The number of aromatic nitrogens is 3. The molecule has 2 heterocycles. The van der Waals surface area contributed by atoms with Crippen molar-refractivity contribution in [3.63, 3.8) is 0 Å². The molecule has 1 aliphatic rings. The van der Waals surface area contributed by atoms with Gasteiger partial charge in [-0.2, -0.15) is 15.0 Å². The highest BCUT2D eigenvalue weighted by atomic mass is 19.1. The first-order valence-electron chi connectivity index (χ1n) is 13.1. The van der Waals surface area contributed by atoms with Gasteiger partial charge in [0.05, 0.1) is 6.04 Å². The van der Waals surface area contributed by atoms with Crippen LogP contribution >= 0.6 is 0 Å². The molecule has 2 aromatic carbocycles. The van der Waals surface area contributed by atoms with Crippen LogP contribution in [0.3, 0.4) is 0 Å². The summed E-state index contributed by atoms with van der Waals surface area (Å²) in [6, 6.07) is 13.1. The maximum Gasteiger partial charge on any atom is 0.231 e. The molecule has 0 saturated carbocycles. The highest BCUT2D eigenvalue weighted by Gasteiger charge is 2.32. The Morgan fingerprint density at radius 2 is 1.28 bits per heavy atom. The van der Waals surface area contributed by atoms with Gasteiger partial charge in [-0.25, -0.2) is 8.78 Å². The van der Waals surface area contributed by atoms with E-state index in [0.29, 0.717) is 37.5 Å². The van der Waals surface area contributed by atoms with Crippen molar-refractivity contribution >= 4 is 17.8 Å². The molecule has 0 radical (unpaired) electrons. The van der Waals surface area contributed by atoms with Crippen LogP contribution in [0.25, 0.3) is 0 Å². The molecule has 2 N–H and O–H groups in total. The van der Waals surface area contributed by atoms with Crippen molar-refractivity contribution in [1.29, 1.82) is 0 Å². The summed E-state index contributed by atoms with van der Waals surface area (Å²) in [5.41, 5.74) is 1.89. The lowest BCUT2D eigenvalue weighted by atomic mass is 9.92. The molecule has 4 rings (SSSR count). The van der Waals surface area contributed by atoms with Crippen molar-refractivity contribution in [3.05, 3.63) is 109 Å². The molecule has 1 fully saturated rings. The Balaban J connectivity index is 1.57. The number of rotatable bonds is 13. The third-order valence-electron chi connectivity index (χ3n) is 6.69. The van der Waals surface area contributed by atoms with E-state index in [1.54, 1.807) is 36.4 Å². The van der Waals surface area contributed by atoms with Gasteiger partial charge < -0.3 is 15.5 Å². The largest absolute Gasteiger partial charge is 0.351 e. The first-order chi connectivity index (χ1) is 19.0. The predicted octanol–water partition coefficient (Wildman–Crippen LogP) is 5.59. The first-order valence-corrected chi connectivity index (χ1v) is 13.1. The summed E-state index contributed by atoms with van der Waals surface area (Å²) in [7, 11) is 0.